The summed E-state index contributed by atoms with van der Waals surface area (Å²) in [7, 11) is 1.67. The van der Waals surface area contributed by atoms with Crippen molar-refractivity contribution >= 4 is 0 Å². The smallest absolute Gasteiger partial charge is 0.0721 e. The quantitative estimate of drug-likeness (QED) is 0.597. The summed E-state index contributed by atoms with van der Waals surface area (Å²) in [6.07, 6.45) is 1.15. The van der Waals surface area contributed by atoms with Crippen molar-refractivity contribution in [1.82, 2.24) is 5.32 Å². The van der Waals surface area contributed by atoms with Gasteiger partial charge in [0, 0.05) is 13.7 Å². The number of rotatable bonds is 12. The highest BCUT2D eigenvalue weighted by Crippen LogP contribution is 2.10. The van der Waals surface area contributed by atoms with Crippen LogP contribution in [0, 0.1) is 0 Å². The van der Waals surface area contributed by atoms with Crippen molar-refractivity contribution in [1.29, 1.82) is 0 Å². The second-order valence-corrected chi connectivity index (χ2v) is 4.60. The van der Waals surface area contributed by atoms with Gasteiger partial charge in [0.1, 0.15) is 0 Å². The van der Waals surface area contributed by atoms with Crippen LogP contribution in [-0.4, -0.2) is 40.1 Å². The Kier molecular flexibility index (Phi) is 10.1. The van der Waals surface area contributed by atoms with Gasteiger partial charge < -0.3 is 19.5 Å². The van der Waals surface area contributed by atoms with E-state index in [0.717, 1.165) is 19.5 Å². The van der Waals surface area contributed by atoms with Crippen LogP contribution in [0.3, 0.4) is 0 Å². The molecule has 1 N–H and O–H groups in total. The van der Waals surface area contributed by atoms with Gasteiger partial charge >= 0.3 is 0 Å². The van der Waals surface area contributed by atoms with Gasteiger partial charge in [-0.15, -0.1) is 0 Å². The SMILES string of the molecule is CCCNCc1ccccc1COCCOCCOC. The van der Waals surface area contributed by atoms with Gasteiger partial charge in [0.05, 0.1) is 33.0 Å². The molecule has 0 atom stereocenters. The van der Waals surface area contributed by atoms with E-state index >= 15 is 0 Å². The Labute approximate surface area is 122 Å². The molecule has 1 aromatic carbocycles. The second kappa shape index (κ2) is 11.9. The summed E-state index contributed by atoms with van der Waals surface area (Å²) in [5.74, 6) is 0. The van der Waals surface area contributed by atoms with Crippen molar-refractivity contribution < 1.29 is 14.2 Å². The zero-order chi connectivity index (χ0) is 14.5. The molecule has 0 aliphatic carbocycles. The first-order valence-corrected chi connectivity index (χ1v) is 7.30. The highest BCUT2D eigenvalue weighted by Gasteiger charge is 2.01. The van der Waals surface area contributed by atoms with Crippen molar-refractivity contribution in [2.45, 2.75) is 26.5 Å². The number of hydrogen-bond acceptors (Lipinski definition) is 4. The van der Waals surface area contributed by atoms with Crippen molar-refractivity contribution in [3.63, 3.8) is 0 Å². The van der Waals surface area contributed by atoms with Gasteiger partial charge in [-0.1, -0.05) is 31.2 Å². The third kappa shape index (κ3) is 7.60. The van der Waals surface area contributed by atoms with Crippen molar-refractivity contribution in [3.8, 4) is 0 Å². The lowest BCUT2D eigenvalue weighted by atomic mass is 10.1. The molecule has 0 radical (unpaired) electrons. The fourth-order valence-electron chi connectivity index (χ4n) is 1.81. The predicted octanol–water partition coefficient (Wildman–Crippen LogP) is 2.37. The van der Waals surface area contributed by atoms with E-state index < -0.39 is 0 Å². The Hall–Kier alpha value is -0.940. The van der Waals surface area contributed by atoms with Crippen LogP contribution >= 0.6 is 0 Å². The molecule has 0 heterocycles. The molecule has 114 valence electrons. The number of benzene rings is 1. The van der Waals surface area contributed by atoms with Crippen LogP contribution in [0.25, 0.3) is 0 Å². The van der Waals surface area contributed by atoms with Gasteiger partial charge in [-0.25, -0.2) is 0 Å². The maximum atomic E-state index is 5.65. The molecule has 0 spiro atoms. The van der Waals surface area contributed by atoms with Crippen LogP contribution in [-0.2, 0) is 27.4 Å². The minimum absolute atomic E-state index is 0.611. The lowest BCUT2D eigenvalue weighted by molar-refractivity contribution is 0.0198. The lowest BCUT2D eigenvalue weighted by Gasteiger charge is -2.11. The molecule has 0 saturated heterocycles. The Morgan fingerprint density at radius 3 is 2.40 bits per heavy atom. The summed E-state index contributed by atoms with van der Waals surface area (Å²) in [5.41, 5.74) is 2.55. The lowest BCUT2D eigenvalue weighted by Crippen LogP contribution is -2.15. The fraction of sp³-hybridized carbons (Fsp3) is 0.625. The van der Waals surface area contributed by atoms with Gasteiger partial charge in [0.25, 0.3) is 0 Å². The van der Waals surface area contributed by atoms with Crippen LogP contribution in [0.4, 0.5) is 0 Å². The van der Waals surface area contributed by atoms with Gasteiger partial charge in [-0.05, 0) is 24.1 Å². The molecular formula is C16H27NO3. The molecule has 4 heteroatoms. The Bertz CT molecular complexity index is 344. The van der Waals surface area contributed by atoms with Crippen LogP contribution in [0.2, 0.25) is 0 Å². The summed E-state index contributed by atoms with van der Waals surface area (Å²) in [6, 6.07) is 8.39. The zero-order valence-electron chi connectivity index (χ0n) is 12.7. The van der Waals surface area contributed by atoms with E-state index in [0.29, 0.717) is 33.0 Å². The molecule has 0 amide bonds. The standard InChI is InChI=1S/C16H27NO3/c1-3-8-17-13-15-6-4-5-7-16(15)14-20-12-11-19-10-9-18-2/h4-7,17H,3,8-14H2,1-2H3. The third-order valence-corrected chi connectivity index (χ3v) is 2.92. The normalized spacial score (nSPS) is 10.9. The van der Waals surface area contributed by atoms with Gasteiger partial charge in [0.15, 0.2) is 0 Å². The molecule has 0 aliphatic heterocycles. The van der Waals surface area contributed by atoms with Gasteiger partial charge in [-0.3, -0.25) is 0 Å². The first-order valence-electron chi connectivity index (χ1n) is 7.30. The molecule has 20 heavy (non-hydrogen) atoms. The van der Waals surface area contributed by atoms with Crippen molar-refractivity contribution in [3.05, 3.63) is 35.4 Å². The Balaban J connectivity index is 2.21. The van der Waals surface area contributed by atoms with Crippen LogP contribution in [0.1, 0.15) is 24.5 Å². The van der Waals surface area contributed by atoms with E-state index in [-0.39, 0.29) is 0 Å². The number of nitrogens with one attached hydrogen (secondary N) is 1. The predicted molar refractivity (Wildman–Crippen MR) is 80.8 cm³/mol. The summed E-state index contributed by atoms with van der Waals surface area (Å²) < 4.78 is 15.9. The summed E-state index contributed by atoms with van der Waals surface area (Å²) in [4.78, 5) is 0. The van der Waals surface area contributed by atoms with Crippen LogP contribution in [0.15, 0.2) is 24.3 Å². The molecule has 4 nitrogen and oxygen atoms in total. The number of hydrogen-bond donors (Lipinski definition) is 1. The Morgan fingerprint density at radius 2 is 1.65 bits per heavy atom. The molecule has 0 aliphatic rings. The summed E-state index contributed by atoms with van der Waals surface area (Å²) in [5, 5.41) is 3.42. The molecular weight excluding hydrogens is 254 g/mol. The molecule has 0 aromatic heterocycles. The van der Waals surface area contributed by atoms with Crippen LogP contribution in [0.5, 0.6) is 0 Å². The topological polar surface area (TPSA) is 39.7 Å². The largest absolute Gasteiger partial charge is 0.382 e. The van der Waals surface area contributed by atoms with E-state index in [1.165, 1.54) is 11.1 Å². The number of methoxy groups -OCH3 is 1. The van der Waals surface area contributed by atoms with E-state index in [1.807, 2.05) is 0 Å². The summed E-state index contributed by atoms with van der Waals surface area (Å²) >= 11 is 0. The molecule has 0 bridgehead atoms. The minimum Gasteiger partial charge on any atom is -0.382 e. The first-order chi connectivity index (χ1) is 9.88. The molecule has 0 saturated carbocycles. The highest BCUT2D eigenvalue weighted by atomic mass is 16.5. The molecule has 0 unspecified atom stereocenters. The van der Waals surface area contributed by atoms with Crippen LogP contribution < -0.4 is 5.32 Å². The molecule has 1 rings (SSSR count). The molecule has 1 aromatic rings. The third-order valence-electron chi connectivity index (χ3n) is 2.92. The maximum absolute atomic E-state index is 5.65. The fourth-order valence-corrected chi connectivity index (χ4v) is 1.81. The van der Waals surface area contributed by atoms with E-state index in [4.69, 9.17) is 14.2 Å². The maximum Gasteiger partial charge on any atom is 0.0721 e. The van der Waals surface area contributed by atoms with E-state index in [2.05, 4.69) is 36.5 Å². The first kappa shape index (κ1) is 17.1. The average Bonchev–Trinajstić information content (AvgIpc) is 2.48. The van der Waals surface area contributed by atoms with E-state index in [1.54, 1.807) is 7.11 Å². The Morgan fingerprint density at radius 1 is 0.950 bits per heavy atom. The van der Waals surface area contributed by atoms with Crippen molar-refractivity contribution in [2.75, 3.05) is 40.1 Å². The van der Waals surface area contributed by atoms with E-state index in [9.17, 15) is 0 Å². The minimum atomic E-state index is 0.611. The van der Waals surface area contributed by atoms with Crippen molar-refractivity contribution in [2.24, 2.45) is 0 Å². The average molecular weight is 281 g/mol. The summed E-state index contributed by atoms with van der Waals surface area (Å²) in [6.45, 7) is 7.23. The second-order valence-electron chi connectivity index (χ2n) is 4.60. The van der Waals surface area contributed by atoms with Gasteiger partial charge in [-0.2, -0.15) is 0 Å². The van der Waals surface area contributed by atoms with Gasteiger partial charge in [0.2, 0.25) is 0 Å². The number of ether oxygens (including phenoxy) is 3. The molecule has 0 fully saturated rings. The zero-order valence-corrected chi connectivity index (χ0v) is 12.7. The monoisotopic (exact) mass is 281 g/mol. The highest BCUT2D eigenvalue weighted by molar-refractivity contribution is 5.26.